The SMILES string of the molecule is CC(=NCC(=N)N)C(C)C.CC(C)C1=[NH+]CCC1.[CH3-].[CH3-]. The summed E-state index contributed by atoms with van der Waals surface area (Å²) >= 11 is 0. The molecule has 0 aromatic heterocycles. The van der Waals surface area contributed by atoms with Gasteiger partial charge in [-0.05, 0) is 12.8 Å². The molecule has 20 heavy (non-hydrogen) atoms. The van der Waals surface area contributed by atoms with Crippen LogP contribution < -0.4 is 10.7 Å². The van der Waals surface area contributed by atoms with Crippen LogP contribution in [0, 0.1) is 32.1 Å². The number of hydrogen-bond donors (Lipinski definition) is 3. The average Bonchev–Trinajstić information content (AvgIpc) is 2.79. The first-order chi connectivity index (χ1) is 8.34. The molecule has 0 radical (unpaired) electrons. The molecule has 0 aromatic rings. The highest BCUT2D eigenvalue weighted by molar-refractivity contribution is 5.87. The lowest BCUT2D eigenvalue weighted by Gasteiger charge is -2.02. The lowest BCUT2D eigenvalue weighted by molar-refractivity contribution is -0.449. The molecule has 4 N–H and O–H groups in total. The molecule has 1 aliphatic heterocycles. The van der Waals surface area contributed by atoms with E-state index in [-0.39, 0.29) is 20.7 Å². The minimum absolute atomic E-state index is 0. The summed E-state index contributed by atoms with van der Waals surface area (Å²) in [5.74, 6) is 1.33. The van der Waals surface area contributed by atoms with Gasteiger partial charge in [0.05, 0.1) is 6.54 Å². The van der Waals surface area contributed by atoms with Gasteiger partial charge in [-0.25, -0.2) is 4.99 Å². The van der Waals surface area contributed by atoms with Gasteiger partial charge in [0.15, 0.2) is 5.71 Å². The fourth-order valence-corrected chi connectivity index (χ4v) is 1.50. The first-order valence-electron chi connectivity index (χ1n) is 6.78. The van der Waals surface area contributed by atoms with Gasteiger partial charge in [-0.1, -0.05) is 27.7 Å². The normalized spacial score (nSPS) is 13.9. The van der Waals surface area contributed by atoms with Crippen molar-refractivity contribution < 1.29 is 4.99 Å². The van der Waals surface area contributed by atoms with Crippen LogP contribution in [0.3, 0.4) is 0 Å². The predicted molar refractivity (Wildman–Crippen MR) is 92.5 cm³/mol. The Balaban J connectivity index is -0.000000266. The second kappa shape index (κ2) is 12.8. The summed E-state index contributed by atoms with van der Waals surface area (Å²) in [6.07, 6.45) is 2.64. The highest BCUT2D eigenvalue weighted by Gasteiger charge is 2.15. The van der Waals surface area contributed by atoms with E-state index in [1.54, 1.807) is 5.71 Å². The van der Waals surface area contributed by atoms with Crippen LogP contribution in [0.2, 0.25) is 0 Å². The van der Waals surface area contributed by atoms with Crippen LogP contribution in [-0.2, 0) is 0 Å². The summed E-state index contributed by atoms with van der Waals surface area (Å²) in [7, 11) is 0. The fraction of sp³-hybridized carbons (Fsp3) is 0.688. The van der Waals surface area contributed by atoms with E-state index in [1.165, 1.54) is 19.4 Å². The Morgan fingerprint density at radius 1 is 1.30 bits per heavy atom. The van der Waals surface area contributed by atoms with E-state index >= 15 is 0 Å². The summed E-state index contributed by atoms with van der Waals surface area (Å²) in [4.78, 5) is 7.46. The molecule has 0 amide bonds. The van der Waals surface area contributed by atoms with Gasteiger partial charge in [0.1, 0.15) is 12.4 Å². The first kappa shape index (κ1) is 23.9. The third kappa shape index (κ3) is 11.9. The van der Waals surface area contributed by atoms with Crippen molar-refractivity contribution in [2.24, 2.45) is 22.6 Å². The van der Waals surface area contributed by atoms with Crippen molar-refractivity contribution in [2.45, 2.75) is 47.5 Å². The molecule has 4 heteroatoms. The summed E-state index contributed by atoms with van der Waals surface area (Å²) in [5, 5.41) is 6.90. The van der Waals surface area contributed by atoms with Crippen LogP contribution in [0.1, 0.15) is 47.5 Å². The monoisotopic (exact) mass is 283 g/mol. The van der Waals surface area contributed by atoms with Gasteiger partial charge in [0.2, 0.25) is 0 Å². The third-order valence-electron chi connectivity index (χ3n) is 3.01. The van der Waals surface area contributed by atoms with Gasteiger partial charge in [0.25, 0.3) is 0 Å². The largest absolute Gasteiger partial charge is 0.386 e. The molecule has 0 aromatic carbocycles. The van der Waals surface area contributed by atoms with Crippen molar-refractivity contribution in [3.8, 4) is 0 Å². The summed E-state index contributed by atoms with van der Waals surface area (Å²) in [6, 6.07) is 0. The molecule has 120 valence electrons. The number of nitrogens with one attached hydrogen (secondary N) is 2. The number of hydrogen-bond acceptors (Lipinski definition) is 2. The molecule has 0 fully saturated rings. The number of rotatable bonds is 4. The minimum Gasteiger partial charge on any atom is -0.386 e. The lowest BCUT2D eigenvalue weighted by atomic mass is 10.1. The number of amidine groups is 1. The molecule has 0 saturated heterocycles. The number of aliphatic imine (C=N–C) groups is 1. The maximum atomic E-state index is 6.90. The molecule has 1 rings (SSSR count). The number of nitrogens with two attached hydrogens (primary N) is 1. The van der Waals surface area contributed by atoms with E-state index < -0.39 is 0 Å². The first-order valence-corrected chi connectivity index (χ1v) is 6.78. The molecule has 0 saturated carbocycles. The maximum absolute atomic E-state index is 6.90. The average molecular weight is 283 g/mol. The molecule has 0 atom stereocenters. The topological polar surface area (TPSA) is 76.2 Å². The van der Waals surface area contributed by atoms with E-state index in [9.17, 15) is 0 Å². The van der Waals surface area contributed by atoms with E-state index in [2.05, 4.69) is 37.7 Å². The van der Waals surface area contributed by atoms with Crippen LogP contribution in [0.5, 0.6) is 0 Å². The zero-order valence-electron chi connectivity index (χ0n) is 14.5. The smallest absolute Gasteiger partial charge is 0.153 e. The Morgan fingerprint density at radius 3 is 2.10 bits per heavy atom. The van der Waals surface area contributed by atoms with Gasteiger partial charge < -0.3 is 20.6 Å². The second-order valence-corrected chi connectivity index (χ2v) is 5.35. The van der Waals surface area contributed by atoms with Crippen molar-refractivity contribution in [2.75, 3.05) is 13.1 Å². The summed E-state index contributed by atoms with van der Waals surface area (Å²) in [6.45, 7) is 12.1. The van der Waals surface area contributed by atoms with Gasteiger partial charge in [-0.15, -0.1) is 0 Å². The van der Waals surface area contributed by atoms with Crippen molar-refractivity contribution in [3.63, 3.8) is 0 Å². The molecule has 1 aliphatic rings. The van der Waals surface area contributed by atoms with E-state index in [0.717, 1.165) is 11.6 Å². The summed E-state index contributed by atoms with van der Waals surface area (Å²) in [5.41, 5.74) is 7.71. The van der Waals surface area contributed by atoms with Crippen LogP contribution >= 0.6 is 0 Å². The second-order valence-electron chi connectivity index (χ2n) is 5.35. The highest BCUT2D eigenvalue weighted by Crippen LogP contribution is 2.00. The molecule has 0 bridgehead atoms. The Bertz CT molecular complexity index is 314. The zero-order valence-corrected chi connectivity index (χ0v) is 14.5. The Kier molecular flexibility index (Phi) is 15.3. The fourth-order valence-electron chi connectivity index (χ4n) is 1.50. The van der Waals surface area contributed by atoms with Gasteiger partial charge >= 0.3 is 0 Å². The minimum atomic E-state index is 0. The zero-order chi connectivity index (χ0) is 14.1. The van der Waals surface area contributed by atoms with Gasteiger partial charge in [-0.2, -0.15) is 0 Å². The van der Waals surface area contributed by atoms with Crippen molar-refractivity contribution >= 4 is 17.3 Å². The van der Waals surface area contributed by atoms with Crippen LogP contribution in [-0.4, -0.2) is 30.3 Å². The van der Waals surface area contributed by atoms with E-state index in [4.69, 9.17) is 11.1 Å². The lowest BCUT2D eigenvalue weighted by Crippen LogP contribution is -2.70. The molecule has 0 spiro atoms. The van der Waals surface area contributed by atoms with Gasteiger partial charge in [0, 0.05) is 24.5 Å². The Morgan fingerprint density at radius 2 is 1.85 bits per heavy atom. The van der Waals surface area contributed by atoms with E-state index in [0.29, 0.717) is 12.5 Å². The van der Waals surface area contributed by atoms with Crippen molar-refractivity contribution in [3.05, 3.63) is 14.9 Å². The molecule has 1 heterocycles. The molecule has 0 aliphatic carbocycles. The quantitative estimate of drug-likeness (QED) is 0.411. The Hall–Kier alpha value is -1.19. The predicted octanol–water partition coefficient (Wildman–Crippen LogP) is 1.90. The Labute approximate surface area is 126 Å². The molecular weight excluding hydrogens is 248 g/mol. The third-order valence-corrected chi connectivity index (χ3v) is 3.01. The highest BCUT2D eigenvalue weighted by atomic mass is 14.8. The number of nitrogens with zero attached hydrogens (tertiary/aromatic N) is 1. The van der Waals surface area contributed by atoms with Crippen LogP contribution in [0.25, 0.3) is 0 Å². The molecule has 0 unspecified atom stereocenters. The maximum Gasteiger partial charge on any atom is 0.153 e. The molecule has 4 nitrogen and oxygen atoms in total. The van der Waals surface area contributed by atoms with Crippen LogP contribution in [0.4, 0.5) is 0 Å². The molecular formula is C16H35N4-. The van der Waals surface area contributed by atoms with Crippen molar-refractivity contribution in [1.82, 2.24) is 0 Å². The summed E-state index contributed by atoms with van der Waals surface area (Å²) < 4.78 is 0. The van der Waals surface area contributed by atoms with E-state index in [1.807, 2.05) is 6.92 Å². The van der Waals surface area contributed by atoms with Crippen LogP contribution in [0.15, 0.2) is 4.99 Å². The van der Waals surface area contributed by atoms with Gasteiger partial charge in [-0.3, -0.25) is 10.4 Å². The van der Waals surface area contributed by atoms with Crippen molar-refractivity contribution in [1.29, 1.82) is 5.41 Å². The standard InChI is InChI=1S/C7H15N3.C7H13N.2CH3/c1-5(2)6(3)10-4-7(8)9;1-6(2)7-4-3-5-8-7;;/h5H,4H2,1-3H3,(H3,8,9);6H,3-5H2,1-2H3;2*1H3/q;;2*-1/p+1.